The number of hydrogen-bond donors (Lipinski definition) is 1. The number of aliphatic imine (C=N–C) groups is 1. The van der Waals surface area contributed by atoms with Gasteiger partial charge in [-0.3, -0.25) is 9.79 Å². The Balaban J connectivity index is 1.61. The maximum atomic E-state index is 10.8. The number of hydrogen-bond acceptors (Lipinski definition) is 3. The Morgan fingerprint density at radius 2 is 2.21 bits per heavy atom. The lowest BCUT2D eigenvalue weighted by atomic mass is 9.89. The van der Waals surface area contributed by atoms with Crippen LogP contribution in [0.1, 0.15) is 32.6 Å². The molecule has 0 saturated carbocycles. The minimum absolute atomic E-state index is 0.0677. The molecule has 0 aromatic heterocycles. The molecule has 0 aliphatic carbocycles. The van der Waals surface area contributed by atoms with Crippen LogP contribution in [0.2, 0.25) is 0 Å². The van der Waals surface area contributed by atoms with E-state index < -0.39 is 0 Å². The van der Waals surface area contributed by atoms with Crippen molar-refractivity contribution in [3.05, 3.63) is 12.2 Å². The molecule has 2 heterocycles. The van der Waals surface area contributed by atoms with Gasteiger partial charge in [0.05, 0.1) is 6.04 Å². The highest BCUT2D eigenvalue weighted by Crippen LogP contribution is 2.24. The van der Waals surface area contributed by atoms with Crippen molar-refractivity contribution in [1.29, 1.82) is 0 Å². The summed E-state index contributed by atoms with van der Waals surface area (Å²) in [6, 6.07) is 0.515. The van der Waals surface area contributed by atoms with Gasteiger partial charge in [0.2, 0.25) is 5.91 Å². The summed E-state index contributed by atoms with van der Waals surface area (Å²) in [5, 5.41) is 2.86. The van der Waals surface area contributed by atoms with Gasteiger partial charge >= 0.3 is 0 Å². The zero-order valence-corrected chi connectivity index (χ0v) is 11.8. The third-order valence-electron chi connectivity index (χ3n) is 4.04. The summed E-state index contributed by atoms with van der Waals surface area (Å²) < 4.78 is 0. The van der Waals surface area contributed by atoms with Crippen LogP contribution in [0.4, 0.5) is 0 Å². The first-order valence-corrected chi connectivity index (χ1v) is 7.39. The Hall–Kier alpha value is -1.16. The van der Waals surface area contributed by atoms with Crippen molar-refractivity contribution < 1.29 is 4.79 Å². The number of allylic oxidation sites excluding steroid dienone is 1. The van der Waals surface area contributed by atoms with Crippen molar-refractivity contribution in [3.63, 3.8) is 0 Å². The summed E-state index contributed by atoms with van der Waals surface area (Å²) in [6.07, 6.45) is 11.1. The van der Waals surface area contributed by atoms with Crippen LogP contribution in [0.3, 0.4) is 0 Å². The van der Waals surface area contributed by atoms with Gasteiger partial charge < -0.3 is 10.2 Å². The molecule has 4 nitrogen and oxygen atoms in total. The fourth-order valence-corrected chi connectivity index (χ4v) is 2.91. The molecule has 1 amide bonds. The van der Waals surface area contributed by atoms with Crippen molar-refractivity contribution in [3.8, 4) is 0 Å². The Labute approximate surface area is 116 Å². The summed E-state index contributed by atoms with van der Waals surface area (Å²) in [7, 11) is 0. The number of nitrogens with zero attached hydrogens (tertiary/aromatic N) is 2. The van der Waals surface area contributed by atoms with Crippen molar-refractivity contribution >= 4 is 12.1 Å². The molecule has 2 aliphatic rings. The molecule has 0 aromatic rings. The number of rotatable bonds is 5. The van der Waals surface area contributed by atoms with E-state index in [1.54, 1.807) is 6.92 Å². The topological polar surface area (TPSA) is 44.7 Å². The SMILES string of the molecule is CC(=O)NCCN1CCC(CC2CC=CC=N2)CC1. The maximum Gasteiger partial charge on any atom is 0.216 e. The maximum absolute atomic E-state index is 10.8. The Bertz CT molecular complexity index is 343. The van der Waals surface area contributed by atoms with Crippen molar-refractivity contribution in [2.24, 2.45) is 10.9 Å². The fourth-order valence-electron chi connectivity index (χ4n) is 2.91. The molecule has 106 valence electrons. The number of nitrogens with one attached hydrogen (secondary N) is 1. The van der Waals surface area contributed by atoms with Crippen LogP contribution in [0.15, 0.2) is 17.1 Å². The largest absolute Gasteiger partial charge is 0.355 e. The van der Waals surface area contributed by atoms with Gasteiger partial charge in [-0.15, -0.1) is 0 Å². The van der Waals surface area contributed by atoms with E-state index in [0.29, 0.717) is 6.04 Å². The van der Waals surface area contributed by atoms with E-state index >= 15 is 0 Å². The molecular formula is C15H25N3O. The van der Waals surface area contributed by atoms with E-state index in [-0.39, 0.29) is 5.91 Å². The molecule has 0 aromatic carbocycles. The summed E-state index contributed by atoms with van der Waals surface area (Å²) in [5.74, 6) is 0.892. The van der Waals surface area contributed by atoms with Gasteiger partial charge in [0.25, 0.3) is 0 Å². The van der Waals surface area contributed by atoms with E-state index in [4.69, 9.17) is 0 Å². The highest BCUT2D eigenvalue weighted by Gasteiger charge is 2.21. The Morgan fingerprint density at radius 1 is 1.42 bits per heavy atom. The minimum Gasteiger partial charge on any atom is -0.355 e. The molecule has 4 heteroatoms. The van der Waals surface area contributed by atoms with Crippen LogP contribution in [0.5, 0.6) is 0 Å². The highest BCUT2D eigenvalue weighted by atomic mass is 16.1. The van der Waals surface area contributed by atoms with Crippen LogP contribution in [-0.2, 0) is 4.79 Å². The standard InChI is InChI=1S/C15H25N3O/c1-13(19)16-8-11-18-9-5-14(6-10-18)12-15-4-2-3-7-17-15/h2-3,7,14-15H,4-6,8-12H2,1H3,(H,16,19). The number of amides is 1. The molecule has 1 fully saturated rings. The molecule has 0 spiro atoms. The van der Waals surface area contributed by atoms with Crippen LogP contribution in [0, 0.1) is 5.92 Å². The molecule has 2 rings (SSSR count). The zero-order chi connectivity index (χ0) is 13.5. The van der Waals surface area contributed by atoms with Crippen molar-refractivity contribution in [2.45, 2.75) is 38.6 Å². The molecule has 1 saturated heterocycles. The second-order valence-corrected chi connectivity index (χ2v) is 5.62. The first-order chi connectivity index (χ1) is 9.24. The highest BCUT2D eigenvalue weighted by molar-refractivity contribution is 5.72. The van der Waals surface area contributed by atoms with Gasteiger partial charge in [-0.2, -0.15) is 0 Å². The molecule has 2 aliphatic heterocycles. The van der Waals surface area contributed by atoms with Crippen LogP contribution in [-0.4, -0.2) is 49.2 Å². The minimum atomic E-state index is 0.0677. The monoisotopic (exact) mass is 263 g/mol. The van der Waals surface area contributed by atoms with Gasteiger partial charge in [-0.25, -0.2) is 0 Å². The Morgan fingerprint density at radius 3 is 2.84 bits per heavy atom. The quantitative estimate of drug-likeness (QED) is 0.819. The van der Waals surface area contributed by atoms with Crippen molar-refractivity contribution in [2.75, 3.05) is 26.2 Å². The molecule has 0 bridgehead atoms. The predicted octanol–water partition coefficient (Wildman–Crippen LogP) is 1.62. The average molecular weight is 263 g/mol. The van der Waals surface area contributed by atoms with E-state index in [1.165, 1.54) is 19.3 Å². The number of likely N-dealkylation sites (tertiary alicyclic amines) is 1. The van der Waals surface area contributed by atoms with Gasteiger partial charge in [-0.1, -0.05) is 6.08 Å². The lowest BCUT2D eigenvalue weighted by molar-refractivity contribution is -0.119. The summed E-state index contributed by atoms with van der Waals surface area (Å²) >= 11 is 0. The predicted molar refractivity (Wildman–Crippen MR) is 78.5 cm³/mol. The third-order valence-corrected chi connectivity index (χ3v) is 4.04. The van der Waals surface area contributed by atoms with Gasteiger partial charge in [0, 0.05) is 26.2 Å². The molecule has 1 atom stereocenters. The average Bonchev–Trinajstić information content (AvgIpc) is 2.42. The summed E-state index contributed by atoms with van der Waals surface area (Å²) in [5.41, 5.74) is 0. The van der Waals surface area contributed by atoms with E-state index in [2.05, 4.69) is 21.3 Å². The number of carbonyl (C=O) groups is 1. The second kappa shape index (κ2) is 7.43. The number of piperidine rings is 1. The van der Waals surface area contributed by atoms with Crippen LogP contribution >= 0.6 is 0 Å². The Kier molecular flexibility index (Phi) is 5.58. The summed E-state index contributed by atoms with van der Waals surface area (Å²) in [6.45, 7) is 5.66. The van der Waals surface area contributed by atoms with E-state index in [1.807, 2.05) is 12.3 Å². The second-order valence-electron chi connectivity index (χ2n) is 5.62. The smallest absolute Gasteiger partial charge is 0.216 e. The molecule has 0 radical (unpaired) electrons. The molecule has 1 N–H and O–H groups in total. The fraction of sp³-hybridized carbons (Fsp3) is 0.733. The summed E-state index contributed by atoms with van der Waals surface area (Å²) in [4.78, 5) is 17.8. The van der Waals surface area contributed by atoms with E-state index in [0.717, 1.165) is 38.5 Å². The van der Waals surface area contributed by atoms with Crippen LogP contribution in [0.25, 0.3) is 0 Å². The van der Waals surface area contributed by atoms with Gasteiger partial charge in [-0.05, 0) is 50.8 Å². The van der Waals surface area contributed by atoms with Crippen molar-refractivity contribution in [1.82, 2.24) is 10.2 Å². The first kappa shape index (κ1) is 14.3. The number of dihydropyridines is 1. The lowest BCUT2D eigenvalue weighted by Gasteiger charge is -2.33. The van der Waals surface area contributed by atoms with Gasteiger partial charge in [0.15, 0.2) is 0 Å². The number of carbonyl (C=O) groups excluding carboxylic acids is 1. The lowest BCUT2D eigenvalue weighted by Crippen LogP contribution is -2.39. The third kappa shape index (κ3) is 5.15. The normalized spacial score (nSPS) is 24.6. The molecule has 19 heavy (non-hydrogen) atoms. The van der Waals surface area contributed by atoms with E-state index in [9.17, 15) is 4.79 Å². The molecule has 1 unspecified atom stereocenters. The first-order valence-electron chi connectivity index (χ1n) is 7.39. The van der Waals surface area contributed by atoms with Gasteiger partial charge in [0.1, 0.15) is 0 Å². The zero-order valence-electron chi connectivity index (χ0n) is 11.8. The van der Waals surface area contributed by atoms with Crippen LogP contribution < -0.4 is 5.32 Å². The molecular weight excluding hydrogens is 238 g/mol.